The van der Waals surface area contributed by atoms with Crippen molar-refractivity contribution in [3.05, 3.63) is 60.3 Å². The van der Waals surface area contributed by atoms with Crippen molar-refractivity contribution in [2.45, 2.75) is 42.0 Å². The lowest BCUT2D eigenvalue weighted by molar-refractivity contribution is -0.148. The van der Waals surface area contributed by atoms with Gasteiger partial charge in [0.25, 0.3) is 0 Å². The summed E-state index contributed by atoms with van der Waals surface area (Å²) in [6.45, 7) is 2.12. The number of aromatic nitrogens is 1. The van der Waals surface area contributed by atoms with Crippen LogP contribution in [0.5, 0.6) is 0 Å². The molecule has 0 spiro atoms. The minimum absolute atomic E-state index is 0.208. The smallest absolute Gasteiger partial charge is 0.416 e. The Balaban J connectivity index is 1.74. The molecule has 4 rings (SSSR count). The molecule has 1 saturated carbocycles. The molecule has 0 amide bonds. The van der Waals surface area contributed by atoms with Crippen LogP contribution in [0, 0.1) is 0 Å². The van der Waals surface area contributed by atoms with E-state index in [1.165, 1.54) is 17.8 Å². The third-order valence-electron chi connectivity index (χ3n) is 5.34. The molecule has 0 radical (unpaired) electrons. The third kappa shape index (κ3) is 3.90. The van der Waals surface area contributed by atoms with Crippen LogP contribution >= 0.6 is 11.8 Å². The number of nitrogens with zero attached hydrogens (tertiary/aromatic N) is 1. The van der Waals surface area contributed by atoms with Gasteiger partial charge in [0.2, 0.25) is 0 Å². The van der Waals surface area contributed by atoms with Crippen molar-refractivity contribution >= 4 is 28.6 Å². The Morgan fingerprint density at radius 3 is 2.57 bits per heavy atom. The van der Waals surface area contributed by atoms with Gasteiger partial charge in [-0.05, 0) is 67.6 Å². The van der Waals surface area contributed by atoms with Gasteiger partial charge in [-0.3, -0.25) is 9.78 Å². The maximum absolute atomic E-state index is 13.1. The van der Waals surface area contributed by atoms with Crippen LogP contribution in [-0.2, 0) is 15.7 Å². The highest BCUT2D eigenvalue weighted by molar-refractivity contribution is 8.01. The van der Waals surface area contributed by atoms with Crippen LogP contribution in [0.3, 0.4) is 0 Å². The molecule has 0 saturated heterocycles. The molecular weight excluding hydrogens is 411 g/mol. The van der Waals surface area contributed by atoms with Crippen LogP contribution in [0.15, 0.2) is 59.6 Å². The summed E-state index contributed by atoms with van der Waals surface area (Å²) in [6.07, 6.45) is -0.261. The van der Waals surface area contributed by atoms with Crippen molar-refractivity contribution in [1.29, 1.82) is 0 Å². The average Bonchev–Trinajstić information content (AvgIpc) is 2.70. The second-order valence-electron chi connectivity index (χ2n) is 7.29. The van der Waals surface area contributed by atoms with Crippen molar-refractivity contribution in [2.75, 3.05) is 6.61 Å². The molecule has 30 heavy (non-hydrogen) atoms. The van der Waals surface area contributed by atoms with Gasteiger partial charge in [-0.25, -0.2) is 0 Å². The van der Waals surface area contributed by atoms with Gasteiger partial charge in [0.1, 0.15) is 4.75 Å². The molecule has 0 unspecified atom stereocenters. The van der Waals surface area contributed by atoms with E-state index >= 15 is 0 Å². The van der Waals surface area contributed by atoms with E-state index in [0.717, 1.165) is 47.2 Å². The molecule has 1 aliphatic rings. The molecule has 1 heterocycles. The van der Waals surface area contributed by atoms with E-state index in [2.05, 4.69) is 4.98 Å². The summed E-state index contributed by atoms with van der Waals surface area (Å²) in [6, 6.07) is 12.5. The number of esters is 1. The van der Waals surface area contributed by atoms with Gasteiger partial charge in [-0.1, -0.05) is 18.2 Å². The number of carbonyl (C=O) groups excluding carboxylic acids is 1. The van der Waals surface area contributed by atoms with Crippen molar-refractivity contribution in [2.24, 2.45) is 0 Å². The molecule has 7 heteroatoms. The Morgan fingerprint density at radius 2 is 1.90 bits per heavy atom. The second kappa shape index (κ2) is 7.95. The van der Waals surface area contributed by atoms with E-state index in [1.54, 1.807) is 31.3 Å². The van der Waals surface area contributed by atoms with Crippen LogP contribution in [0.4, 0.5) is 13.2 Å². The molecular formula is C23H20F3NO2S. The minimum Gasteiger partial charge on any atom is -0.465 e. The number of benzene rings is 2. The molecule has 0 atom stereocenters. The largest absolute Gasteiger partial charge is 0.465 e. The number of fused-ring (bicyclic) bond motifs is 1. The average molecular weight is 431 g/mol. The fourth-order valence-corrected chi connectivity index (χ4v) is 5.04. The van der Waals surface area contributed by atoms with Gasteiger partial charge in [0.15, 0.2) is 0 Å². The van der Waals surface area contributed by atoms with Gasteiger partial charge in [-0.2, -0.15) is 13.2 Å². The molecule has 2 aromatic carbocycles. The fourth-order valence-electron chi connectivity index (χ4n) is 3.58. The highest BCUT2D eigenvalue weighted by Crippen LogP contribution is 2.50. The second-order valence-corrected chi connectivity index (χ2v) is 8.72. The third-order valence-corrected chi connectivity index (χ3v) is 6.88. The molecule has 0 N–H and O–H groups in total. The Hall–Kier alpha value is -2.54. The molecule has 0 bridgehead atoms. The van der Waals surface area contributed by atoms with E-state index in [0.29, 0.717) is 17.7 Å². The summed E-state index contributed by atoms with van der Waals surface area (Å²) >= 11 is 1.47. The Morgan fingerprint density at radius 1 is 1.13 bits per heavy atom. The van der Waals surface area contributed by atoms with Crippen LogP contribution < -0.4 is 0 Å². The summed E-state index contributed by atoms with van der Waals surface area (Å²) in [4.78, 5) is 17.8. The van der Waals surface area contributed by atoms with Gasteiger partial charge in [0, 0.05) is 16.5 Å². The monoisotopic (exact) mass is 431 g/mol. The van der Waals surface area contributed by atoms with Crippen molar-refractivity contribution < 1.29 is 22.7 Å². The zero-order chi connectivity index (χ0) is 21.4. The number of carbonyl (C=O) groups is 1. The quantitative estimate of drug-likeness (QED) is 0.433. The maximum Gasteiger partial charge on any atom is 0.416 e. The maximum atomic E-state index is 13.1. The lowest BCUT2D eigenvalue weighted by Gasteiger charge is -2.38. The number of pyridine rings is 1. The van der Waals surface area contributed by atoms with E-state index < -0.39 is 16.5 Å². The first-order valence-electron chi connectivity index (χ1n) is 9.75. The molecule has 156 valence electrons. The topological polar surface area (TPSA) is 39.2 Å². The normalized spacial score (nSPS) is 15.6. The number of alkyl halides is 3. The van der Waals surface area contributed by atoms with E-state index in [4.69, 9.17) is 4.74 Å². The summed E-state index contributed by atoms with van der Waals surface area (Å²) in [5.74, 6) is -0.208. The van der Waals surface area contributed by atoms with Crippen molar-refractivity contribution in [1.82, 2.24) is 4.98 Å². The number of thioether (sulfide) groups is 1. The molecule has 3 nitrogen and oxygen atoms in total. The lowest BCUT2D eigenvalue weighted by Crippen LogP contribution is -2.43. The predicted octanol–water partition coefficient (Wildman–Crippen LogP) is 6.50. The number of halogens is 3. The summed E-state index contributed by atoms with van der Waals surface area (Å²) in [5.41, 5.74) is 1.20. The highest BCUT2D eigenvalue weighted by atomic mass is 32.2. The van der Waals surface area contributed by atoms with Gasteiger partial charge in [0.05, 0.1) is 17.7 Å². The van der Waals surface area contributed by atoms with Crippen LogP contribution in [0.2, 0.25) is 0 Å². The Bertz CT molecular complexity index is 1090. The fraction of sp³-hybridized carbons (Fsp3) is 0.304. The molecule has 1 aromatic heterocycles. The van der Waals surface area contributed by atoms with E-state index in [1.807, 2.05) is 12.1 Å². The summed E-state index contributed by atoms with van der Waals surface area (Å²) < 4.78 is 44.0. The predicted molar refractivity (Wildman–Crippen MR) is 111 cm³/mol. The van der Waals surface area contributed by atoms with Gasteiger partial charge in [-0.15, -0.1) is 11.8 Å². The molecule has 0 aliphatic heterocycles. The first-order valence-corrected chi connectivity index (χ1v) is 10.6. The van der Waals surface area contributed by atoms with Gasteiger partial charge < -0.3 is 4.74 Å². The molecule has 3 aromatic rings. The summed E-state index contributed by atoms with van der Waals surface area (Å²) in [7, 11) is 0. The number of hydrogen-bond acceptors (Lipinski definition) is 4. The SMILES string of the molecule is CCOC(=O)C1(Sc2ccnc3ccc(-c4cccc(C(F)(F)F)c4)cc23)CCC1. The Kier molecular flexibility index (Phi) is 5.49. The van der Waals surface area contributed by atoms with E-state index in [-0.39, 0.29) is 5.97 Å². The van der Waals surface area contributed by atoms with Crippen LogP contribution in [-0.4, -0.2) is 22.3 Å². The molecule has 1 aliphatic carbocycles. The minimum atomic E-state index is -4.40. The van der Waals surface area contributed by atoms with Gasteiger partial charge >= 0.3 is 12.1 Å². The molecule has 1 fully saturated rings. The number of hydrogen-bond donors (Lipinski definition) is 0. The first-order chi connectivity index (χ1) is 14.3. The Labute approximate surface area is 176 Å². The highest BCUT2D eigenvalue weighted by Gasteiger charge is 2.46. The van der Waals surface area contributed by atoms with Crippen LogP contribution in [0.25, 0.3) is 22.0 Å². The van der Waals surface area contributed by atoms with E-state index in [9.17, 15) is 18.0 Å². The zero-order valence-electron chi connectivity index (χ0n) is 16.3. The van der Waals surface area contributed by atoms with Crippen molar-refractivity contribution in [3.8, 4) is 11.1 Å². The lowest BCUT2D eigenvalue weighted by atomic mass is 9.84. The number of rotatable bonds is 5. The number of ether oxygens (including phenoxy) is 1. The summed E-state index contributed by atoms with van der Waals surface area (Å²) in [5, 5.41) is 0.813. The van der Waals surface area contributed by atoms with Crippen LogP contribution in [0.1, 0.15) is 31.7 Å². The first kappa shape index (κ1) is 20.7. The zero-order valence-corrected chi connectivity index (χ0v) is 17.1. The van der Waals surface area contributed by atoms with Crippen molar-refractivity contribution in [3.63, 3.8) is 0 Å². The standard InChI is InChI=1S/C23H20F3NO2S/c1-2-29-21(28)22(10-4-11-22)30-20-9-12-27-19-8-7-16(14-18(19)20)15-5-3-6-17(13-15)23(24,25)26/h3,5-9,12-14H,2,4,10-11H2,1H3.